The average molecular weight is 661 g/mol. The molecule has 0 unspecified atom stereocenters. The summed E-state index contributed by atoms with van der Waals surface area (Å²) in [6.45, 7) is 6.43. The number of rotatable bonds is 9. The highest BCUT2D eigenvalue weighted by Gasteiger charge is 2.63. The topological polar surface area (TPSA) is 229 Å². The van der Waals surface area contributed by atoms with Gasteiger partial charge in [0.25, 0.3) is 5.91 Å². The maximum absolute atomic E-state index is 15.5. The smallest absolute Gasteiger partial charge is 0.408 e. The Balaban J connectivity index is 1.61. The largest absolute Gasteiger partial charge is 0.510 e. The number of fused-ring (bicyclic) bond motifs is 3. The number of aliphatic hydroxyl groups is 3. The average Bonchev–Trinajstić information content (AvgIpc) is 2.93. The zero-order valence-corrected chi connectivity index (χ0v) is 27.1. The van der Waals surface area contributed by atoms with E-state index in [0.717, 1.165) is 6.07 Å². The summed E-state index contributed by atoms with van der Waals surface area (Å²) in [6, 6.07) is -1.01. The van der Waals surface area contributed by atoms with Crippen LogP contribution in [-0.2, 0) is 25.5 Å². The molecule has 3 aliphatic rings. The number of aliphatic hydroxyl groups excluding tert-OH is 2. The van der Waals surface area contributed by atoms with Crippen LogP contribution in [0.1, 0.15) is 62.9 Å². The van der Waals surface area contributed by atoms with Crippen molar-refractivity contribution < 1.29 is 53.5 Å². The fourth-order valence-electron chi connectivity index (χ4n) is 6.76. The van der Waals surface area contributed by atoms with E-state index < -0.39 is 98.5 Å². The number of carbonyl (C=O) groups excluding carboxylic acids is 5. The number of amides is 2. The van der Waals surface area contributed by atoms with Crippen molar-refractivity contribution in [3.8, 4) is 5.75 Å². The molecular formula is C32H41FN4O10. The Morgan fingerprint density at radius 1 is 1.19 bits per heavy atom. The minimum Gasteiger partial charge on any atom is -0.510 e. The number of primary amides is 1. The Morgan fingerprint density at radius 3 is 2.38 bits per heavy atom. The molecule has 0 saturated heterocycles. The van der Waals surface area contributed by atoms with Gasteiger partial charge in [-0.05, 0) is 73.4 Å². The Hall–Kier alpha value is -4.50. The highest BCUT2D eigenvalue weighted by molar-refractivity contribution is 6.24. The van der Waals surface area contributed by atoms with Crippen molar-refractivity contribution in [3.63, 3.8) is 0 Å². The number of Topliss-reactive ketones (excluding diaryl/α,β-unsaturated/α-hetero) is 3. The summed E-state index contributed by atoms with van der Waals surface area (Å²) in [5.74, 6) is -9.39. The van der Waals surface area contributed by atoms with Gasteiger partial charge in [0.15, 0.2) is 17.2 Å². The standard InChI is InChI=1S/C32H41FN4O10/c1-13(38)18(36-30(45)47-31(2,3)4)8-7-9-35-19-12-17(33)15-10-14-11-16-23(37(5)6)26(41)22(29(34)44)28(43)32(16,46)27(42)20(14)25(40)21(15)24(19)39/h12,14,16,18,23,35,39,41-42,46H,7-11H2,1-6H3,(H2,34,44)(H,36,45)/t14-,16-,18-,23-,32-/m0/s1. The van der Waals surface area contributed by atoms with E-state index in [1.165, 1.54) is 25.9 Å². The van der Waals surface area contributed by atoms with Crippen molar-refractivity contribution in [3.05, 3.63) is 45.7 Å². The number of phenols is 1. The van der Waals surface area contributed by atoms with Gasteiger partial charge in [-0.1, -0.05) is 0 Å². The zero-order valence-electron chi connectivity index (χ0n) is 27.1. The van der Waals surface area contributed by atoms with E-state index in [1.54, 1.807) is 20.8 Å². The number of halogens is 1. The Labute approximate surface area is 270 Å². The van der Waals surface area contributed by atoms with Crippen LogP contribution < -0.4 is 16.4 Å². The lowest BCUT2D eigenvalue weighted by atomic mass is 9.58. The number of ether oxygens (including phenoxy) is 1. The summed E-state index contributed by atoms with van der Waals surface area (Å²) in [5.41, 5.74) is -0.336. The number of allylic oxidation sites excluding steroid dienone is 1. The third kappa shape index (κ3) is 6.29. The number of benzene rings is 1. The van der Waals surface area contributed by atoms with Gasteiger partial charge >= 0.3 is 6.09 Å². The normalized spacial score (nSPS) is 24.7. The summed E-state index contributed by atoms with van der Waals surface area (Å²) in [5, 5.41) is 50.4. The number of ketones is 3. The molecule has 14 nitrogen and oxygen atoms in total. The molecule has 0 radical (unpaired) electrons. The quantitative estimate of drug-likeness (QED) is 0.115. The van der Waals surface area contributed by atoms with Gasteiger partial charge in [-0.15, -0.1) is 0 Å². The van der Waals surface area contributed by atoms with E-state index in [1.807, 2.05) is 0 Å². The minimum absolute atomic E-state index is 0.0872. The molecule has 0 heterocycles. The molecule has 256 valence electrons. The molecule has 0 spiro atoms. The number of carbonyl (C=O) groups is 5. The number of phenolic OH excluding ortho intramolecular Hbond substituents is 1. The minimum atomic E-state index is -2.81. The van der Waals surface area contributed by atoms with Gasteiger partial charge in [0.2, 0.25) is 5.78 Å². The maximum Gasteiger partial charge on any atom is 0.408 e. The first-order valence-electron chi connectivity index (χ1n) is 15.1. The van der Waals surface area contributed by atoms with Crippen LogP contribution >= 0.6 is 0 Å². The summed E-state index contributed by atoms with van der Waals surface area (Å²) >= 11 is 0. The van der Waals surface area contributed by atoms with Crippen molar-refractivity contribution in [2.75, 3.05) is 26.0 Å². The SMILES string of the molecule is CC(=O)[C@H](CCCNc1cc(F)c2c(c1O)C(=O)C1=C(O)[C@]3(O)C(=O)C(C(N)=O)=C(O)[C@@H](N(C)C)[C@@H]3C[C@@H]1C2)NC(=O)OC(C)(C)C. The van der Waals surface area contributed by atoms with Crippen molar-refractivity contribution in [1.82, 2.24) is 10.2 Å². The third-order valence-corrected chi connectivity index (χ3v) is 8.83. The van der Waals surface area contributed by atoms with E-state index in [4.69, 9.17) is 10.5 Å². The molecule has 47 heavy (non-hydrogen) atoms. The van der Waals surface area contributed by atoms with Gasteiger partial charge in [-0.3, -0.25) is 24.1 Å². The van der Waals surface area contributed by atoms with E-state index in [-0.39, 0.29) is 49.3 Å². The predicted molar refractivity (Wildman–Crippen MR) is 165 cm³/mol. The number of anilines is 1. The number of alkyl carbamates (subject to hydrolysis) is 1. The first kappa shape index (κ1) is 35.4. The van der Waals surface area contributed by atoms with Crippen molar-refractivity contribution in [1.29, 1.82) is 0 Å². The van der Waals surface area contributed by atoms with Gasteiger partial charge in [-0.2, -0.15) is 0 Å². The second kappa shape index (κ2) is 12.6. The number of aromatic hydroxyl groups is 1. The molecule has 0 fully saturated rings. The highest BCUT2D eigenvalue weighted by atomic mass is 19.1. The second-order valence-corrected chi connectivity index (χ2v) is 13.4. The van der Waals surface area contributed by atoms with E-state index >= 15 is 4.39 Å². The van der Waals surface area contributed by atoms with Crippen LogP contribution in [0.5, 0.6) is 5.75 Å². The number of hydrogen-bond donors (Lipinski definition) is 7. The van der Waals surface area contributed by atoms with Gasteiger partial charge in [0, 0.05) is 29.7 Å². The van der Waals surface area contributed by atoms with Crippen molar-refractivity contribution in [2.45, 2.75) is 76.7 Å². The molecule has 5 atom stereocenters. The molecule has 1 aromatic rings. The van der Waals surface area contributed by atoms with Crippen molar-refractivity contribution in [2.24, 2.45) is 17.6 Å². The highest BCUT2D eigenvalue weighted by Crippen LogP contribution is 2.53. The molecule has 0 aromatic heterocycles. The Morgan fingerprint density at radius 2 is 1.83 bits per heavy atom. The molecule has 0 bridgehead atoms. The maximum atomic E-state index is 15.5. The number of nitrogens with one attached hydrogen (secondary N) is 2. The second-order valence-electron chi connectivity index (χ2n) is 13.4. The van der Waals surface area contributed by atoms with Crippen LogP contribution in [0, 0.1) is 17.7 Å². The number of nitrogens with two attached hydrogens (primary N) is 1. The molecular weight excluding hydrogens is 619 g/mol. The lowest BCUT2D eigenvalue weighted by molar-refractivity contribution is -0.148. The molecule has 2 amide bonds. The summed E-state index contributed by atoms with van der Waals surface area (Å²) in [7, 11) is 3.02. The monoisotopic (exact) mass is 660 g/mol. The summed E-state index contributed by atoms with van der Waals surface area (Å²) in [4.78, 5) is 65.0. The molecule has 1 aromatic carbocycles. The van der Waals surface area contributed by atoms with Crippen LogP contribution in [0.4, 0.5) is 14.9 Å². The van der Waals surface area contributed by atoms with Crippen LogP contribution in [-0.4, -0.2) is 98.6 Å². The lowest BCUT2D eigenvalue weighted by Crippen LogP contribution is -2.63. The van der Waals surface area contributed by atoms with Crippen molar-refractivity contribution >= 4 is 35.0 Å². The van der Waals surface area contributed by atoms with Gasteiger partial charge in [0.05, 0.1) is 23.3 Å². The number of nitrogens with zero attached hydrogens (tertiary/aromatic N) is 1. The van der Waals surface area contributed by atoms with Crippen LogP contribution in [0.15, 0.2) is 28.7 Å². The number of likely N-dealkylation sites (N-methyl/N-ethyl adjacent to an activating group) is 1. The molecule has 0 saturated carbocycles. The van der Waals surface area contributed by atoms with Gasteiger partial charge in [-0.25, -0.2) is 9.18 Å². The molecule has 3 aliphatic carbocycles. The molecule has 8 N–H and O–H groups in total. The Kier molecular flexibility index (Phi) is 9.48. The third-order valence-electron chi connectivity index (χ3n) is 8.83. The number of hydrogen-bond acceptors (Lipinski definition) is 12. The molecule has 4 rings (SSSR count). The first-order valence-corrected chi connectivity index (χ1v) is 15.1. The van der Waals surface area contributed by atoms with E-state index in [2.05, 4.69) is 10.6 Å². The lowest BCUT2D eigenvalue weighted by Gasteiger charge is -2.50. The van der Waals surface area contributed by atoms with Gasteiger partial charge < -0.3 is 41.5 Å². The molecule has 0 aliphatic heterocycles. The summed E-state index contributed by atoms with van der Waals surface area (Å²) in [6.07, 6.45) is -0.674. The zero-order chi connectivity index (χ0) is 35.3. The van der Waals surface area contributed by atoms with Crippen LogP contribution in [0.25, 0.3) is 0 Å². The van der Waals surface area contributed by atoms with Gasteiger partial charge in [0.1, 0.15) is 34.3 Å². The van der Waals surface area contributed by atoms with Crippen LogP contribution in [0.2, 0.25) is 0 Å². The van der Waals surface area contributed by atoms with E-state index in [9.17, 15) is 44.4 Å². The Bertz CT molecular complexity index is 1610. The summed E-state index contributed by atoms with van der Waals surface area (Å²) < 4.78 is 20.7. The fraction of sp³-hybridized carbons (Fsp3) is 0.531. The van der Waals surface area contributed by atoms with E-state index in [0.29, 0.717) is 0 Å². The predicted octanol–water partition coefficient (Wildman–Crippen LogP) is 1.93. The van der Waals surface area contributed by atoms with Crippen LogP contribution in [0.3, 0.4) is 0 Å². The first-order chi connectivity index (χ1) is 21.7. The molecule has 15 heteroatoms. The fourth-order valence-corrected chi connectivity index (χ4v) is 6.76.